The zero-order valence-corrected chi connectivity index (χ0v) is 14.9. The molecule has 0 spiro atoms. The molecule has 27 heavy (non-hydrogen) atoms. The fourth-order valence-electron chi connectivity index (χ4n) is 2.92. The quantitative estimate of drug-likeness (QED) is 0.732. The van der Waals surface area contributed by atoms with Crippen LogP contribution in [0, 0.1) is 5.92 Å². The number of amides is 3. The number of benzene rings is 1. The third-order valence-corrected chi connectivity index (χ3v) is 4.30. The second-order valence-corrected chi connectivity index (χ2v) is 6.48. The lowest BCUT2D eigenvalue weighted by Gasteiger charge is -2.32. The first-order chi connectivity index (χ1) is 12.7. The summed E-state index contributed by atoms with van der Waals surface area (Å²) >= 11 is 0. The molecule has 1 heterocycles. The van der Waals surface area contributed by atoms with E-state index >= 15 is 0 Å². The maximum absolute atomic E-state index is 12.8. The molecular formula is C18H22F3N3O3. The highest BCUT2D eigenvalue weighted by Crippen LogP contribution is 2.30. The number of likely N-dealkylation sites (tertiary alicyclic amines) is 1. The standard InChI is InChI=1S/C18H22F3N3O3/c1-12(25)22-7-8-23-17(27)14-5-6-16(26)24(11-14)10-13-3-2-4-15(9-13)18(19,20)21/h2-4,9,14H,5-8,10-11H2,1H3,(H,22,25)(H,23,27)/t14-/m0/s1. The van der Waals surface area contributed by atoms with Gasteiger partial charge in [-0.05, 0) is 24.1 Å². The van der Waals surface area contributed by atoms with Crippen molar-refractivity contribution in [3.05, 3.63) is 35.4 Å². The molecule has 0 saturated carbocycles. The molecule has 1 saturated heterocycles. The van der Waals surface area contributed by atoms with Crippen LogP contribution in [0.1, 0.15) is 30.9 Å². The van der Waals surface area contributed by atoms with Gasteiger partial charge in [-0.15, -0.1) is 0 Å². The van der Waals surface area contributed by atoms with Crippen molar-refractivity contribution in [2.24, 2.45) is 5.92 Å². The predicted molar refractivity (Wildman–Crippen MR) is 91.3 cm³/mol. The summed E-state index contributed by atoms with van der Waals surface area (Å²) < 4.78 is 38.5. The number of hydrogen-bond donors (Lipinski definition) is 2. The summed E-state index contributed by atoms with van der Waals surface area (Å²) in [6, 6.07) is 4.83. The van der Waals surface area contributed by atoms with Crippen LogP contribution in [0.2, 0.25) is 0 Å². The number of halogens is 3. The van der Waals surface area contributed by atoms with Crippen molar-refractivity contribution < 1.29 is 27.6 Å². The van der Waals surface area contributed by atoms with Crippen LogP contribution in [0.15, 0.2) is 24.3 Å². The van der Waals surface area contributed by atoms with Crippen molar-refractivity contribution >= 4 is 17.7 Å². The van der Waals surface area contributed by atoms with E-state index in [9.17, 15) is 27.6 Å². The van der Waals surface area contributed by atoms with Gasteiger partial charge < -0.3 is 15.5 Å². The van der Waals surface area contributed by atoms with Crippen LogP contribution < -0.4 is 10.6 Å². The van der Waals surface area contributed by atoms with Crippen LogP contribution in [0.5, 0.6) is 0 Å². The Kier molecular flexibility index (Phi) is 6.81. The Morgan fingerprint density at radius 1 is 1.22 bits per heavy atom. The van der Waals surface area contributed by atoms with Gasteiger partial charge in [0.05, 0.1) is 11.5 Å². The third kappa shape index (κ3) is 6.26. The van der Waals surface area contributed by atoms with Gasteiger partial charge in [0, 0.05) is 39.5 Å². The normalized spacial score (nSPS) is 17.6. The molecule has 2 N–H and O–H groups in total. The van der Waals surface area contributed by atoms with E-state index in [4.69, 9.17) is 0 Å². The van der Waals surface area contributed by atoms with Crippen LogP contribution in [0.4, 0.5) is 13.2 Å². The summed E-state index contributed by atoms with van der Waals surface area (Å²) in [6.45, 7) is 2.14. The van der Waals surface area contributed by atoms with E-state index in [-0.39, 0.29) is 43.8 Å². The molecular weight excluding hydrogens is 363 g/mol. The zero-order valence-electron chi connectivity index (χ0n) is 14.9. The third-order valence-electron chi connectivity index (χ3n) is 4.30. The molecule has 6 nitrogen and oxygen atoms in total. The van der Waals surface area contributed by atoms with Crippen LogP contribution in [0.3, 0.4) is 0 Å². The highest BCUT2D eigenvalue weighted by molar-refractivity contribution is 5.83. The molecule has 1 fully saturated rings. The van der Waals surface area contributed by atoms with Gasteiger partial charge in [-0.3, -0.25) is 14.4 Å². The van der Waals surface area contributed by atoms with Crippen molar-refractivity contribution in [1.82, 2.24) is 15.5 Å². The van der Waals surface area contributed by atoms with Gasteiger partial charge in [0.25, 0.3) is 0 Å². The Morgan fingerprint density at radius 3 is 2.59 bits per heavy atom. The summed E-state index contributed by atoms with van der Waals surface area (Å²) in [6.07, 6.45) is -3.88. The van der Waals surface area contributed by atoms with E-state index in [1.807, 2.05) is 0 Å². The second-order valence-electron chi connectivity index (χ2n) is 6.48. The summed E-state index contributed by atoms with van der Waals surface area (Å²) in [5.74, 6) is -1.04. The van der Waals surface area contributed by atoms with Crippen molar-refractivity contribution in [2.75, 3.05) is 19.6 Å². The molecule has 0 unspecified atom stereocenters. The smallest absolute Gasteiger partial charge is 0.355 e. The van der Waals surface area contributed by atoms with Gasteiger partial charge in [0.15, 0.2) is 0 Å². The predicted octanol–water partition coefficient (Wildman–Crippen LogP) is 1.70. The topological polar surface area (TPSA) is 78.5 Å². The number of carbonyl (C=O) groups excluding carboxylic acids is 3. The average Bonchev–Trinajstić information content (AvgIpc) is 2.60. The van der Waals surface area contributed by atoms with Crippen molar-refractivity contribution in [1.29, 1.82) is 0 Å². The largest absolute Gasteiger partial charge is 0.416 e. The molecule has 1 aliphatic rings. The molecule has 1 aromatic rings. The molecule has 0 radical (unpaired) electrons. The molecule has 0 aromatic heterocycles. The highest BCUT2D eigenvalue weighted by atomic mass is 19.4. The van der Waals surface area contributed by atoms with Gasteiger partial charge in [0.1, 0.15) is 0 Å². The number of alkyl halides is 3. The molecule has 148 valence electrons. The zero-order chi connectivity index (χ0) is 20.0. The number of hydrogen-bond acceptors (Lipinski definition) is 3. The molecule has 0 bridgehead atoms. The first-order valence-corrected chi connectivity index (χ1v) is 8.63. The lowest BCUT2D eigenvalue weighted by molar-refractivity contribution is -0.139. The number of piperidine rings is 1. The maximum atomic E-state index is 12.8. The Hall–Kier alpha value is -2.58. The van der Waals surface area contributed by atoms with Crippen LogP contribution in [-0.4, -0.2) is 42.3 Å². The minimum atomic E-state index is -4.45. The summed E-state index contributed by atoms with van der Waals surface area (Å²) in [7, 11) is 0. The molecule has 1 atom stereocenters. The lowest BCUT2D eigenvalue weighted by Crippen LogP contribution is -2.46. The van der Waals surface area contributed by atoms with Crippen LogP contribution >= 0.6 is 0 Å². The maximum Gasteiger partial charge on any atom is 0.416 e. The van der Waals surface area contributed by atoms with E-state index in [1.165, 1.54) is 24.0 Å². The molecule has 0 aliphatic carbocycles. The molecule has 9 heteroatoms. The van der Waals surface area contributed by atoms with Crippen LogP contribution in [0.25, 0.3) is 0 Å². The van der Waals surface area contributed by atoms with Gasteiger partial charge >= 0.3 is 6.18 Å². The average molecular weight is 385 g/mol. The first kappa shape index (κ1) is 20.7. The van der Waals surface area contributed by atoms with E-state index < -0.39 is 17.7 Å². The monoisotopic (exact) mass is 385 g/mol. The Balaban J connectivity index is 1.94. The number of rotatable bonds is 6. The van der Waals surface area contributed by atoms with E-state index in [1.54, 1.807) is 0 Å². The lowest BCUT2D eigenvalue weighted by atomic mass is 9.96. The van der Waals surface area contributed by atoms with E-state index in [0.717, 1.165) is 12.1 Å². The summed E-state index contributed by atoms with van der Waals surface area (Å²) in [4.78, 5) is 36.5. The van der Waals surface area contributed by atoms with Gasteiger partial charge in [-0.25, -0.2) is 0 Å². The van der Waals surface area contributed by atoms with E-state index in [0.29, 0.717) is 18.5 Å². The van der Waals surface area contributed by atoms with Crippen molar-refractivity contribution in [2.45, 2.75) is 32.5 Å². The second kappa shape index (κ2) is 8.88. The minimum absolute atomic E-state index is 0.0262. The van der Waals surface area contributed by atoms with Gasteiger partial charge in [-0.1, -0.05) is 12.1 Å². The van der Waals surface area contributed by atoms with Crippen molar-refractivity contribution in [3.8, 4) is 0 Å². The molecule has 2 rings (SSSR count). The fourth-order valence-corrected chi connectivity index (χ4v) is 2.92. The Labute approximate surface area is 155 Å². The molecule has 1 aliphatic heterocycles. The molecule has 1 aromatic carbocycles. The number of nitrogens with zero attached hydrogens (tertiary/aromatic N) is 1. The van der Waals surface area contributed by atoms with Crippen LogP contribution in [-0.2, 0) is 27.1 Å². The van der Waals surface area contributed by atoms with Gasteiger partial charge in [0.2, 0.25) is 17.7 Å². The van der Waals surface area contributed by atoms with Gasteiger partial charge in [-0.2, -0.15) is 13.2 Å². The van der Waals surface area contributed by atoms with Crippen molar-refractivity contribution in [3.63, 3.8) is 0 Å². The Morgan fingerprint density at radius 2 is 1.93 bits per heavy atom. The Bertz CT molecular complexity index is 707. The fraction of sp³-hybridized carbons (Fsp3) is 0.500. The van der Waals surface area contributed by atoms with E-state index in [2.05, 4.69) is 10.6 Å². The SMILES string of the molecule is CC(=O)NCCNC(=O)[C@H]1CCC(=O)N(Cc2cccc(C(F)(F)F)c2)C1. The highest BCUT2D eigenvalue weighted by Gasteiger charge is 2.32. The summed E-state index contributed by atoms with van der Waals surface area (Å²) in [5.41, 5.74) is -0.401. The number of carbonyl (C=O) groups is 3. The number of nitrogens with one attached hydrogen (secondary N) is 2. The summed E-state index contributed by atoms with van der Waals surface area (Å²) in [5, 5.41) is 5.26. The molecule has 3 amide bonds. The minimum Gasteiger partial charge on any atom is -0.355 e. The first-order valence-electron chi connectivity index (χ1n) is 8.63.